The fourth-order valence-electron chi connectivity index (χ4n) is 6.55. The minimum atomic E-state index is -4.11. The predicted molar refractivity (Wildman–Crippen MR) is 212 cm³/mol. The Morgan fingerprint density at radius 3 is 2.16 bits per heavy atom. The smallest absolute Gasteiger partial charge is 0.258 e. The lowest BCUT2D eigenvalue weighted by molar-refractivity contribution is -0.132. The van der Waals surface area contributed by atoms with Crippen LogP contribution in [0.4, 0.5) is 11.4 Å². The van der Waals surface area contributed by atoms with E-state index < -0.39 is 77.6 Å². The van der Waals surface area contributed by atoms with Crippen LogP contribution in [-0.2, 0) is 19.6 Å². The quantitative estimate of drug-likeness (QED) is 0.0746. The number of sulfonamides is 1. The van der Waals surface area contributed by atoms with E-state index in [0.29, 0.717) is 30.0 Å². The Morgan fingerprint density at radius 1 is 0.946 bits per heavy atom. The molecule has 56 heavy (non-hydrogen) atoms. The number of unbranched alkanes of at least 4 members (excludes halogenated alkanes) is 2. The zero-order valence-corrected chi connectivity index (χ0v) is 33.4. The highest BCUT2D eigenvalue weighted by molar-refractivity contribution is 7.98. The molecule has 4 rings (SSSR count). The number of thioether (sulfide) groups is 1. The van der Waals surface area contributed by atoms with Crippen molar-refractivity contribution in [2.75, 3.05) is 37.5 Å². The first-order chi connectivity index (χ1) is 26.7. The van der Waals surface area contributed by atoms with Gasteiger partial charge in [-0.2, -0.15) is 0 Å². The second kappa shape index (κ2) is 20.5. The number of hydrogen-bond acceptors (Lipinski definition) is 13. The summed E-state index contributed by atoms with van der Waals surface area (Å²) in [6.07, 6.45) is -0.812. The first-order valence-electron chi connectivity index (χ1n) is 18.6. The van der Waals surface area contributed by atoms with Gasteiger partial charge < -0.3 is 50.9 Å². The Morgan fingerprint density at radius 2 is 1.57 bits per heavy atom. The molecule has 3 aromatic rings. The van der Waals surface area contributed by atoms with Gasteiger partial charge in [0.2, 0.25) is 15.9 Å². The number of para-hydroxylation sites is 1. The largest absolute Gasteiger partial charge is 0.508 e. The second-order valence-electron chi connectivity index (χ2n) is 13.9. The van der Waals surface area contributed by atoms with E-state index in [9.17, 15) is 43.5 Å². The first-order valence-corrected chi connectivity index (χ1v) is 21.3. The molecule has 17 heteroatoms. The van der Waals surface area contributed by atoms with Gasteiger partial charge in [-0.1, -0.05) is 69.9 Å². The van der Waals surface area contributed by atoms with Gasteiger partial charge in [0.25, 0.3) is 5.91 Å². The molecular formula is C39H54N4O11S2. The maximum Gasteiger partial charge on any atom is 0.258 e. The summed E-state index contributed by atoms with van der Waals surface area (Å²) in [5.41, 5.74) is 0.777. The minimum absolute atomic E-state index is 0.0110. The standard InChI is InChI=1S/C39H54N4O11S2/c1-4-6-17-39(18-7-5-2)24-43(26-11-9-8-10-12-26)28-19-32(55-3)31(20-33(28)56(52,53)42-39)54-23-34(48)41-35(25-13-15-27(45)16-14-25)38(51)40-21-29(46)36(49)37(50)30(47)22-44/h8-16,19-20,29-30,35-37,42,44-47,49-50H,4-7,17-18,21-24H2,1-3H3,(H,40,51)(H,41,48)/t29-,30+,35+,36+,37+/m0/s1. The van der Waals surface area contributed by atoms with Gasteiger partial charge in [0, 0.05) is 24.8 Å². The van der Waals surface area contributed by atoms with E-state index in [4.69, 9.17) is 9.84 Å². The predicted octanol–water partition coefficient (Wildman–Crippen LogP) is 2.45. The van der Waals surface area contributed by atoms with Crippen molar-refractivity contribution >= 4 is 45.0 Å². The number of phenols is 1. The van der Waals surface area contributed by atoms with Gasteiger partial charge in [-0.05, 0) is 55.0 Å². The summed E-state index contributed by atoms with van der Waals surface area (Å²) in [5.74, 6) is -1.58. The third-order valence-electron chi connectivity index (χ3n) is 9.69. The van der Waals surface area contributed by atoms with E-state index >= 15 is 0 Å². The van der Waals surface area contributed by atoms with E-state index in [2.05, 4.69) is 29.2 Å². The van der Waals surface area contributed by atoms with Crippen molar-refractivity contribution in [2.45, 2.75) is 98.2 Å². The van der Waals surface area contributed by atoms with Gasteiger partial charge in [0.15, 0.2) is 6.61 Å². The fourth-order valence-corrected chi connectivity index (χ4v) is 8.75. The monoisotopic (exact) mass is 818 g/mol. The zero-order valence-electron chi connectivity index (χ0n) is 31.8. The van der Waals surface area contributed by atoms with Gasteiger partial charge in [0.05, 0.1) is 28.8 Å². The van der Waals surface area contributed by atoms with Crippen LogP contribution in [0, 0.1) is 0 Å². The number of aliphatic hydroxyl groups excluding tert-OH is 5. The summed E-state index contributed by atoms with van der Waals surface area (Å²) in [5, 5.41) is 63.8. The SMILES string of the molecule is CCCCC1(CCCC)CN(c2ccccc2)c2cc(SC)c(OCC(=O)N[C@@H](C(=O)NC[C@H](O)[C@@H](O)[C@H](O)[C@H](O)CO)c3ccc(O)cc3)cc2S(=O)(=O)N1. The summed E-state index contributed by atoms with van der Waals surface area (Å²) >= 11 is 1.31. The molecule has 0 saturated carbocycles. The molecule has 308 valence electrons. The molecule has 15 nitrogen and oxygen atoms in total. The molecule has 0 spiro atoms. The Kier molecular flexibility index (Phi) is 16.4. The number of amides is 2. The number of ether oxygens (including phenoxy) is 1. The number of fused-ring (bicyclic) bond motifs is 1. The maximum absolute atomic E-state index is 14.3. The van der Waals surface area contributed by atoms with Crippen LogP contribution in [0.1, 0.15) is 64.0 Å². The molecule has 0 fully saturated rings. The Labute approximate surface area is 332 Å². The molecule has 0 aromatic heterocycles. The number of hydrogen-bond donors (Lipinski definition) is 9. The number of rotatable bonds is 20. The normalized spacial score (nSPS) is 17.4. The number of aliphatic hydroxyl groups is 5. The second-order valence-corrected chi connectivity index (χ2v) is 16.4. The fraction of sp³-hybridized carbons (Fsp3) is 0.487. The number of nitrogens with zero attached hydrogens (tertiary/aromatic N) is 1. The molecule has 3 aromatic carbocycles. The molecule has 0 saturated heterocycles. The molecule has 0 bridgehead atoms. The summed E-state index contributed by atoms with van der Waals surface area (Å²) in [4.78, 5) is 29.4. The molecule has 0 aliphatic carbocycles. The van der Waals surface area contributed by atoms with Crippen LogP contribution in [0.5, 0.6) is 11.5 Å². The van der Waals surface area contributed by atoms with Gasteiger partial charge in [0.1, 0.15) is 40.7 Å². The first kappa shape index (κ1) is 44.8. The van der Waals surface area contributed by atoms with Crippen LogP contribution in [0.25, 0.3) is 0 Å². The molecule has 0 radical (unpaired) electrons. The number of phenolic OH excluding ortho intramolecular Hbond substituents is 1. The van der Waals surface area contributed by atoms with Crippen molar-refractivity contribution in [3.63, 3.8) is 0 Å². The highest BCUT2D eigenvalue weighted by Crippen LogP contribution is 2.44. The van der Waals surface area contributed by atoms with Crippen LogP contribution in [0.15, 0.2) is 76.5 Å². The number of aromatic hydroxyl groups is 1. The van der Waals surface area contributed by atoms with Crippen LogP contribution < -0.4 is 25.0 Å². The number of carbonyl (C=O) groups is 2. The van der Waals surface area contributed by atoms with E-state index in [1.54, 1.807) is 12.3 Å². The van der Waals surface area contributed by atoms with E-state index in [1.807, 2.05) is 35.2 Å². The third-order valence-corrected chi connectivity index (χ3v) is 12.1. The van der Waals surface area contributed by atoms with Crippen molar-refractivity contribution in [1.82, 2.24) is 15.4 Å². The Balaban J connectivity index is 1.62. The molecule has 5 atom stereocenters. The maximum atomic E-state index is 14.3. The number of anilines is 2. The third kappa shape index (κ3) is 11.3. The van der Waals surface area contributed by atoms with Crippen LogP contribution in [-0.4, -0.2) is 113 Å². The lowest BCUT2D eigenvalue weighted by atomic mass is 9.87. The van der Waals surface area contributed by atoms with Crippen LogP contribution >= 0.6 is 11.8 Å². The van der Waals surface area contributed by atoms with Crippen molar-refractivity contribution in [2.24, 2.45) is 0 Å². The number of carbonyl (C=O) groups excluding carboxylic acids is 2. The molecule has 1 aliphatic rings. The summed E-state index contributed by atoms with van der Waals surface area (Å²) in [6, 6.07) is 16.7. The van der Waals surface area contributed by atoms with Crippen molar-refractivity contribution in [1.29, 1.82) is 0 Å². The molecule has 0 unspecified atom stereocenters. The van der Waals surface area contributed by atoms with Crippen molar-refractivity contribution in [3.05, 3.63) is 72.3 Å². The molecular weight excluding hydrogens is 765 g/mol. The highest BCUT2D eigenvalue weighted by atomic mass is 32.2. The Bertz CT molecular complexity index is 1840. The van der Waals surface area contributed by atoms with Crippen molar-refractivity contribution < 1.29 is 53.4 Å². The van der Waals surface area contributed by atoms with E-state index in [1.165, 1.54) is 42.1 Å². The van der Waals surface area contributed by atoms with Gasteiger partial charge in [-0.25, -0.2) is 13.1 Å². The van der Waals surface area contributed by atoms with Gasteiger partial charge >= 0.3 is 0 Å². The average Bonchev–Trinajstić information content (AvgIpc) is 3.29. The lowest BCUT2D eigenvalue weighted by Crippen LogP contribution is -2.53. The zero-order chi connectivity index (χ0) is 41.0. The van der Waals surface area contributed by atoms with Crippen molar-refractivity contribution in [3.8, 4) is 11.5 Å². The lowest BCUT2D eigenvalue weighted by Gasteiger charge is -2.37. The minimum Gasteiger partial charge on any atom is -0.508 e. The Hall–Kier alpha value is -3.94. The van der Waals surface area contributed by atoms with E-state index in [0.717, 1.165) is 31.4 Å². The van der Waals surface area contributed by atoms with Crippen LogP contribution in [0.3, 0.4) is 0 Å². The molecule has 1 aliphatic heterocycles. The topological polar surface area (TPSA) is 238 Å². The molecule has 1 heterocycles. The number of benzene rings is 3. The summed E-state index contributed by atoms with van der Waals surface area (Å²) in [6.45, 7) is 2.43. The summed E-state index contributed by atoms with van der Waals surface area (Å²) < 4.78 is 37.7. The summed E-state index contributed by atoms with van der Waals surface area (Å²) in [7, 11) is -4.11. The van der Waals surface area contributed by atoms with Gasteiger partial charge in [-0.15, -0.1) is 11.8 Å². The highest BCUT2D eigenvalue weighted by Gasteiger charge is 2.42. The number of nitrogens with one attached hydrogen (secondary N) is 3. The molecule has 2 amide bonds. The van der Waals surface area contributed by atoms with Gasteiger partial charge in [-0.3, -0.25) is 9.59 Å². The average molecular weight is 819 g/mol. The van der Waals surface area contributed by atoms with Crippen LogP contribution in [0.2, 0.25) is 0 Å². The van der Waals surface area contributed by atoms with E-state index in [-0.39, 0.29) is 22.0 Å². The molecule has 9 N–H and O–H groups in total.